The van der Waals surface area contributed by atoms with Gasteiger partial charge < -0.3 is 15.7 Å². The van der Waals surface area contributed by atoms with Crippen molar-refractivity contribution in [2.75, 3.05) is 5.32 Å². The molecule has 0 fully saturated rings. The molecule has 0 saturated heterocycles. The number of nitrogens with zero attached hydrogens (tertiary/aromatic N) is 1. The molecular formula is C13H14FN3O2S. The lowest BCUT2D eigenvalue weighted by molar-refractivity contribution is -0.119. The fraction of sp³-hybridized carbons (Fsp3) is 0.308. The molecule has 1 amide bonds. The van der Waals surface area contributed by atoms with Gasteiger partial charge in [-0.25, -0.2) is 4.98 Å². The standard InChI is InChI=1S/C13H14FN3O2S/c1-13(2)6-7(18)10(11(19)17-13)12(20)16-9-5-3-4-8(14)15-9/h3-5,18H,6H2,1-2H3,(H,17,19)(H,15,16,20). The van der Waals surface area contributed by atoms with Gasteiger partial charge in [0.15, 0.2) is 0 Å². The number of pyridine rings is 1. The van der Waals surface area contributed by atoms with Crippen LogP contribution in [-0.2, 0) is 4.79 Å². The first-order valence-corrected chi connectivity index (χ1v) is 6.38. The summed E-state index contributed by atoms with van der Waals surface area (Å²) in [6.45, 7) is 3.59. The maximum Gasteiger partial charge on any atom is 0.258 e. The summed E-state index contributed by atoms with van der Waals surface area (Å²) in [6.07, 6.45) is 0.270. The highest BCUT2D eigenvalue weighted by Gasteiger charge is 2.34. The molecule has 0 saturated carbocycles. The van der Waals surface area contributed by atoms with Crippen molar-refractivity contribution in [1.82, 2.24) is 10.3 Å². The Kier molecular flexibility index (Phi) is 3.71. The lowest BCUT2D eigenvalue weighted by atomic mass is 9.92. The van der Waals surface area contributed by atoms with Crippen molar-refractivity contribution in [3.63, 3.8) is 0 Å². The second kappa shape index (κ2) is 5.16. The van der Waals surface area contributed by atoms with Crippen molar-refractivity contribution in [2.24, 2.45) is 0 Å². The molecule has 106 valence electrons. The molecule has 3 N–H and O–H groups in total. The van der Waals surface area contributed by atoms with E-state index in [1.807, 2.05) is 0 Å². The second-order valence-electron chi connectivity index (χ2n) is 5.14. The second-order valence-corrected chi connectivity index (χ2v) is 5.54. The highest BCUT2D eigenvalue weighted by molar-refractivity contribution is 7.81. The minimum Gasteiger partial charge on any atom is -0.511 e. The molecule has 1 aliphatic heterocycles. The van der Waals surface area contributed by atoms with E-state index in [2.05, 4.69) is 15.6 Å². The minimum absolute atomic E-state index is 0.00796. The van der Waals surface area contributed by atoms with Crippen molar-refractivity contribution >= 4 is 28.9 Å². The number of nitrogens with one attached hydrogen (secondary N) is 2. The molecule has 0 aliphatic carbocycles. The van der Waals surface area contributed by atoms with Crippen LogP contribution in [0.5, 0.6) is 0 Å². The summed E-state index contributed by atoms with van der Waals surface area (Å²) in [6, 6.07) is 4.17. The summed E-state index contributed by atoms with van der Waals surface area (Å²) >= 11 is 5.08. The van der Waals surface area contributed by atoms with Gasteiger partial charge >= 0.3 is 0 Å². The average molecular weight is 295 g/mol. The summed E-state index contributed by atoms with van der Waals surface area (Å²) in [4.78, 5) is 15.6. The Morgan fingerprint density at radius 2 is 2.25 bits per heavy atom. The number of hydrogen-bond acceptors (Lipinski definition) is 4. The Hall–Kier alpha value is -2.02. The first kappa shape index (κ1) is 14.4. The summed E-state index contributed by atoms with van der Waals surface area (Å²) in [5.41, 5.74) is -0.539. The van der Waals surface area contributed by atoms with Crippen molar-refractivity contribution < 1.29 is 14.3 Å². The van der Waals surface area contributed by atoms with Crippen LogP contribution < -0.4 is 10.6 Å². The zero-order chi connectivity index (χ0) is 14.9. The third-order valence-electron chi connectivity index (χ3n) is 2.76. The van der Waals surface area contributed by atoms with Crippen molar-refractivity contribution in [1.29, 1.82) is 0 Å². The summed E-state index contributed by atoms with van der Waals surface area (Å²) in [5.74, 6) is -1.04. The van der Waals surface area contributed by atoms with E-state index in [1.165, 1.54) is 18.2 Å². The number of rotatable bonds is 2. The quantitative estimate of drug-likeness (QED) is 0.575. The molecule has 0 atom stereocenters. The minimum atomic E-state index is -0.662. The van der Waals surface area contributed by atoms with E-state index < -0.39 is 17.4 Å². The van der Waals surface area contributed by atoms with Crippen LogP contribution in [0.15, 0.2) is 29.5 Å². The van der Waals surface area contributed by atoms with E-state index in [0.717, 1.165) is 0 Å². The van der Waals surface area contributed by atoms with E-state index in [9.17, 15) is 14.3 Å². The Bertz CT molecular complexity index is 613. The van der Waals surface area contributed by atoms with E-state index in [4.69, 9.17) is 12.2 Å². The smallest absolute Gasteiger partial charge is 0.258 e. The average Bonchev–Trinajstić information content (AvgIpc) is 2.25. The number of hydrogen-bond donors (Lipinski definition) is 3. The monoisotopic (exact) mass is 295 g/mol. The van der Waals surface area contributed by atoms with Gasteiger partial charge in [-0.05, 0) is 26.0 Å². The lowest BCUT2D eigenvalue weighted by Crippen LogP contribution is -2.49. The lowest BCUT2D eigenvalue weighted by Gasteiger charge is -2.31. The zero-order valence-corrected chi connectivity index (χ0v) is 11.8. The number of thiocarbonyl (C=S) groups is 1. The van der Waals surface area contributed by atoms with Crippen LogP contribution >= 0.6 is 12.2 Å². The maximum atomic E-state index is 13.0. The van der Waals surface area contributed by atoms with Gasteiger partial charge in [0.05, 0.1) is 0 Å². The fourth-order valence-corrected chi connectivity index (χ4v) is 2.26. The van der Waals surface area contributed by atoms with Crippen LogP contribution in [0.25, 0.3) is 0 Å². The van der Waals surface area contributed by atoms with Crippen molar-refractivity contribution in [2.45, 2.75) is 25.8 Å². The molecule has 0 spiro atoms. The number of anilines is 1. The molecule has 2 heterocycles. The largest absolute Gasteiger partial charge is 0.511 e. The Balaban J connectivity index is 2.23. The summed E-state index contributed by atoms with van der Waals surface area (Å²) < 4.78 is 13.0. The fourth-order valence-electron chi connectivity index (χ4n) is 1.94. The Labute approximate surface area is 120 Å². The number of aliphatic hydroxyl groups is 1. The zero-order valence-electron chi connectivity index (χ0n) is 11.0. The van der Waals surface area contributed by atoms with Crippen LogP contribution in [0.2, 0.25) is 0 Å². The van der Waals surface area contributed by atoms with Gasteiger partial charge in [-0.15, -0.1) is 0 Å². The molecule has 5 nitrogen and oxygen atoms in total. The Morgan fingerprint density at radius 1 is 1.55 bits per heavy atom. The van der Waals surface area contributed by atoms with E-state index >= 15 is 0 Å². The predicted molar refractivity (Wildman–Crippen MR) is 76.9 cm³/mol. The van der Waals surface area contributed by atoms with Crippen molar-refractivity contribution in [3.8, 4) is 0 Å². The maximum absolute atomic E-state index is 13.0. The van der Waals surface area contributed by atoms with Crippen molar-refractivity contribution in [3.05, 3.63) is 35.5 Å². The summed E-state index contributed by atoms with van der Waals surface area (Å²) in [5, 5.41) is 15.4. The summed E-state index contributed by atoms with van der Waals surface area (Å²) in [7, 11) is 0. The highest BCUT2D eigenvalue weighted by atomic mass is 32.1. The molecular weight excluding hydrogens is 281 g/mol. The van der Waals surface area contributed by atoms with E-state index in [0.29, 0.717) is 0 Å². The van der Waals surface area contributed by atoms with Gasteiger partial charge in [0.25, 0.3) is 5.91 Å². The van der Waals surface area contributed by atoms with E-state index in [1.54, 1.807) is 13.8 Å². The van der Waals surface area contributed by atoms with Gasteiger partial charge in [-0.1, -0.05) is 18.3 Å². The highest BCUT2D eigenvalue weighted by Crippen LogP contribution is 2.24. The molecule has 1 aliphatic rings. The third kappa shape index (κ3) is 3.11. The molecule has 1 aromatic heterocycles. The van der Waals surface area contributed by atoms with Gasteiger partial charge in [-0.3, -0.25) is 4.79 Å². The topological polar surface area (TPSA) is 74.2 Å². The van der Waals surface area contributed by atoms with Crippen LogP contribution in [0.3, 0.4) is 0 Å². The van der Waals surface area contributed by atoms with Gasteiger partial charge in [0.2, 0.25) is 5.95 Å². The van der Waals surface area contributed by atoms with Crippen LogP contribution in [0, 0.1) is 5.95 Å². The van der Waals surface area contributed by atoms with Gasteiger partial charge in [-0.2, -0.15) is 4.39 Å². The molecule has 0 aromatic carbocycles. The van der Waals surface area contributed by atoms with E-state index in [-0.39, 0.29) is 28.6 Å². The number of halogens is 1. The molecule has 0 bridgehead atoms. The molecule has 20 heavy (non-hydrogen) atoms. The molecule has 0 unspecified atom stereocenters. The number of carbonyl (C=O) groups excluding carboxylic acids is 1. The molecule has 7 heteroatoms. The van der Waals surface area contributed by atoms with Crippen LogP contribution in [0.1, 0.15) is 20.3 Å². The Morgan fingerprint density at radius 3 is 2.85 bits per heavy atom. The SMILES string of the molecule is CC1(C)CC(O)=C(C(=S)Nc2cccc(F)n2)C(=O)N1. The number of aromatic nitrogens is 1. The normalized spacial score (nSPS) is 17.6. The van der Waals surface area contributed by atoms with Crippen LogP contribution in [0.4, 0.5) is 10.2 Å². The molecule has 0 radical (unpaired) electrons. The van der Waals surface area contributed by atoms with Crippen LogP contribution in [-0.4, -0.2) is 26.5 Å². The number of aliphatic hydroxyl groups excluding tert-OH is 1. The predicted octanol–water partition coefficient (Wildman–Crippen LogP) is 2.07. The number of carbonyl (C=O) groups is 1. The molecule has 2 rings (SSSR count). The molecule has 1 aromatic rings. The first-order chi connectivity index (χ1) is 9.28. The first-order valence-electron chi connectivity index (χ1n) is 5.97. The van der Waals surface area contributed by atoms with Gasteiger partial charge in [0.1, 0.15) is 22.1 Å². The third-order valence-corrected chi connectivity index (χ3v) is 3.07. The van der Waals surface area contributed by atoms with Gasteiger partial charge in [0, 0.05) is 12.0 Å². The number of amides is 1.